The van der Waals surface area contributed by atoms with E-state index in [1.807, 2.05) is 6.07 Å². The lowest BCUT2D eigenvalue weighted by molar-refractivity contribution is -0.111. The van der Waals surface area contributed by atoms with Crippen LogP contribution in [0.25, 0.3) is 0 Å². The Morgan fingerprint density at radius 3 is 2.59 bits per heavy atom. The second-order valence-electron chi connectivity index (χ2n) is 5.03. The van der Waals surface area contributed by atoms with Crippen molar-refractivity contribution in [3.8, 4) is 0 Å². The van der Waals surface area contributed by atoms with Crippen molar-refractivity contribution in [3.05, 3.63) is 24.2 Å². The Labute approximate surface area is 103 Å². The summed E-state index contributed by atoms with van der Waals surface area (Å²) in [6.45, 7) is 0. The lowest BCUT2D eigenvalue weighted by Gasteiger charge is -2.36. The summed E-state index contributed by atoms with van der Waals surface area (Å²) in [7, 11) is 1.73. The molecule has 1 heterocycles. The molecule has 1 atom stereocenters. The van der Waals surface area contributed by atoms with Crippen LogP contribution in [0.3, 0.4) is 0 Å². The average Bonchev–Trinajstić information content (AvgIpc) is 2.72. The number of aliphatic hydroxyl groups is 1. The van der Waals surface area contributed by atoms with Crippen LogP contribution in [-0.4, -0.2) is 23.9 Å². The van der Waals surface area contributed by atoms with Gasteiger partial charge in [-0.15, -0.1) is 0 Å². The fraction of sp³-hybridized carbons (Fsp3) is 0.714. The minimum absolute atomic E-state index is 0.353. The fourth-order valence-corrected chi connectivity index (χ4v) is 2.82. The molecule has 1 N–H and O–H groups in total. The van der Waals surface area contributed by atoms with E-state index < -0.39 is 6.10 Å². The number of aliphatic hydroxyl groups excluding tert-OH is 1. The van der Waals surface area contributed by atoms with Gasteiger partial charge in [0.2, 0.25) is 0 Å². The van der Waals surface area contributed by atoms with Gasteiger partial charge in [0.15, 0.2) is 0 Å². The summed E-state index contributed by atoms with van der Waals surface area (Å²) in [5.41, 5.74) is 0.687. The molecule has 1 aliphatic rings. The zero-order valence-electron chi connectivity index (χ0n) is 10.5. The van der Waals surface area contributed by atoms with Gasteiger partial charge in [-0.2, -0.15) is 0 Å². The minimum Gasteiger partial charge on any atom is -0.472 e. The predicted molar refractivity (Wildman–Crippen MR) is 65.9 cm³/mol. The van der Waals surface area contributed by atoms with Gasteiger partial charge in [0, 0.05) is 13.5 Å². The second-order valence-corrected chi connectivity index (χ2v) is 5.03. The van der Waals surface area contributed by atoms with Crippen molar-refractivity contribution in [2.24, 2.45) is 0 Å². The van der Waals surface area contributed by atoms with E-state index in [-0.39, 0.29) is 5.60 Å². The van der Waals surface area contributed by atoms with Gasteiger partial charge in [-0.3, -0.25) is 0 Å². The Morgan fingerprint density at radius 1 is 1.35 bits per heavy atom. The highest BCUT2D eigenvalue weighted by molar-refractivity contribution is 5.09. The molecule has 0 amide bonds. The molecule has 2 rings (SSSR count). The molecule has 0 spiro atoms. The molecule has 0 saturated heterocycles. The zero-order chi connectivity index (χ0) is 12.1. The fourth-order valence-electron chi connectivity index (χ4n) is 2.82. The predicted octanol–water partition coefficient (Wildman–Crippen LogP) is 2.92. The van der Waals surface area contributed by atoms with Crippen molar-refractivity contribution in [1.82, 2.24) is 0 Å². The van der Waals surface area contributed by atoms with Gasteiger partial charge in [-0.05, 0) is 24.5 Å². The van der Waals surface area contributed by atoms with E-state index in [9.17, 15) is 5.11 Å². The summed E-state index contributed by atoms with van der Waals surface area (Å²) in [5.74, 6) is 0. The van der Waals surface area contributed by atoms with Crippen LogP contribution in [0.5, 0.6) is 0 Å². The van der Waals surface area contributed by atoms with Crippen molar-refractivity contribution in [3.63, 3.8) is 0 Å². The molecule has 3 nitrogen and oxygen atoms in total. The number of rotatable bonds is 4. The first kappa shape index (κ1) is 12.7. The van der Waals surface area contributed by atoms with Crippen molar-refractivity contribution >= 4 is 0 Å². The largest absolute Gasteiger partial charge is 0.472 e. The summed E-state index contributed by atoms with van der Waals surface area (Å²) in [4.78, 5) is 0. The minimum atomic E-state index is -0.441. The van der Waals surface area contributed by atoms with E-state index in [1.54, 1.807) is 19.6 Å². The monoisotopic (exact) mass is 238 g/mol. The Kier molecular flexibility index (Phi) is 4.24. The molecule has 1 aromatic heterocycles. The van der Waals surface area contributed by atoms with Gasteiger partial charge in [-0.25, -0.2) is 0 Å². The van der Waals surface area contributed by atoms with E-state index >= 15 is 0 Å². The lowest BCUT2D eigenvalue weighted by atomic mass is 9.85. The number of hydrogen-bond donors (Lipinski definition) is 1. The smallest absolute Gasteiger partial charge is 0.0939 e. The molecule has 1 fully saturated rings. The number of ether oxygens (including phenoxy) is 1. The second kappa shape index (κ2) is 5.69. The molecular weight excluding hydrogens is 216 g/mol. The quantitative estimate of drug-likeness (QED) is 0.820. The lowest BCUT2D eigenvalue weighted by Crippen LogP contribution is -2.45. The Morgan fingerprint density at radius 2 is 2.06 bits per heavy atom. The van der Waals surface area contributed by atoms with E-state index in [0.717, 1.165) is 31.2 Å². The third-order valence-electron chi connectivity index (χ3n) is 3.97. The molecule has 1 unspecified atom stereocenters. The van der Waals surface area contributed by atoms with E-state index in [1.165, 1.54) is 12.8 Å². The van der Waals surface area contributed by atoms with Crippen LogP contribution in [-0.2, 0) is 11.2 Å². The summed E-state index contributed by atoms with van der Waals surface area (Å²) in [5, 5.41) is 10.5. The highest BCUT2D eigenvalue weighted by Crippen LogP contribution is 2.34. The van der Waals surface area contributed by atoms with Gasteiger partial charge in [0.05, 0.1) is 24.2 Å². The Balaban J connectivity index is 2.04. The van der Waals surface area contributed by atoms with E-state index in [2.05, 4.69) is 0 Å². The third-order valence-corrected chi connectivity index (χ3v) is 3.97. The maximum atomic E-state index is 10.5. The first-order valence-electron chi connectivity index (χ1n) is 6.51. The molecule has 1 aliphatic carbocycles. The maximum absolute atomic E-state index is 10.5. The van der Waals surface area contributed by atoms with E-state index in [4.69, 9.17) is 9.15 Å². The maximum Gasteiger partial charge on any atom is 0.0939 e. The van der Waals surface area contributed by atoms with Gasteiger partial charge in [0.1, 0.15) is 0 Å². The molecule has 1 aromatic rings. The van der Waals surface area contributed by atoms with Crippen LogP contribution in [0.4, 0.5) is 0 Å². The SMILES string of the molecule is COC1(C(O)Cc2ccoc2)CCCCCC1. The van der Waals surface area contributed by atoms with Gasteiger partial charge >= 0.3 is 0 Å². The molecule has 1 saturated carbocycles. The van der Waals surface area contributed by atoms with Gasteiger partial charge in [-0.1, -0.05) is 25.7 Å². The standard InChI is InChI=1S/C14H22O3/c1-16-14(7-4-2-3-5-8-14)13(15)10-12-6-9-17-11-12/h6,9,11,13,15H,2-5,7-8,10H2,1H3. The molecule has 96 valence electrons. The summed E-state index contributed by atoms with van der Waals surface area (Å²) >= 11 is 0. The van der Waals surface area contributed by atoms with Crippen molar-refractivity contribution in [1.29, 1.82) is 0 Å². The molecule has 0 aromatic carbocycles. The first-order valence-corrected chi connectivity index (χ1v) is 6.51. The van der Waals surface area contributed by atoms with Crippen molar-refractivity contribution < 1.29 is 14.3 Å². The Bertz CT molecular complexity index is 310. The van der Waals surface area contributed by atoms with Crippen LogP contribution in [0.15, 0.2) is 23.0 Å². The topological polar surface area (TPSA) is 42.6 Å². The van der Waals surface area contributed by atoms with Crippen LogP contribution < -0.4 is 0 Å². The summed E-state index contributed by atoms with van der Waals surface area (Å²) < 4.78 is 10.7. The van der Waals surface area contributed by atoms with Crippen LogP contribution in [0, 0.1) is 0 Å². The molecular formula is C14H22O3. The highest BCUT2D eigenvalue weighted by atomic mass is 16.5. The number of methoxy groups -OCH3 is 1. The molecule has 17 heavy (non-hydrogen) atoms. The first-order chi connectivity index (χ1) is 8.27. The van der Waals surface area contributed by atoms with Gasteiger partial charge in [0.25, 0.3) is 0 Å². The van der Waals surface area contributed by atoms with Crippen LogP contribution in [0.1, 0.15) is 44.1 Å². The van der Waals surface area contributed by atoms with Crippen molar-refractivity contribution in [2.45, 2.75) is 56.7 Å². The molecule has 0 radical (unpaired) electrons. The molecule has 0 bridgehead atoms. The van der Waals surface area contributed by atoms with E-state index in [0.29, 0.717) is 6.42 Å². The molecule has 0 aliphatic heterocycles. The normalized spacial score (nSPS) is 22.0. The molecule has 3 heteroatoms. The van der Waals surface area contributed by atoms with Crippen molar-refractivity contribution in [2.75, 3.05) is 7.11 Å². The average molecular weight is 238 g/mol. The third kappa shape index (κ3) is 2.90. The van der Waals surface area contributed by atoms with Crippen LogP contribution >= 0.6 is 0 Å². The Hall–Kier alpha value is -0.800. The number of hydrogen-bond acceptors (Lipinski definition) is 3. The number of furan rings is 1. The van der Waals surface area contributed by atoms with Crippen LogP contribution in [0.2, 0.25) is 0 Å². The zero-order valence-corrected chi connectivity index (χ0v) is 10.5. The van der Waals surface area contributed by atoms with Gasteiger partial charge < -0.3 is 14.3 Å². The highest BCUT2D eigenvalue weighted by Gasteiger charge is 2.38. The summed E-state index contributed by atoms with van der Waals surface area (Å²) in [6.07, 6.45) is 10.2. The summed E-state index contributed by atoms with van der Waals surface area (Å²) in [6, 6.07) is 1.91.